The summed E-state index contributed by atoms with van der Waals surface area (Å²) in [5, 5.41) is 11.1. The van der Waals surface area contributed by atoms with Crippen molar-refractivity contribution < 1.29 is 9.53 Å². The maximum atomic E-state index is 12.5. The highest BCUT2D eigenvalue weighted by molar-refractivity contribution is 5.77. The first-order valence-corrected chi connectivity index (χ1v) is 8.92. The highest BCUT2D eigenvalue weighted by atomic mass is 16.5. The Balaban J connectivity index is 1.30. The fourth-order valence-electron chi connectivity index (χ4n) is 3.39. The van der Waals surface area contributed by atoms with Gasteiger partial charge in [0.15, 0.2) is 6.61 Å². The van der Waals surface area contributed by atoms with Crippen molar-refractivity contribution >= 4 is 5.91 Å². The van der Waals surface area contributed by atoms with E-state index in [1.54, 1.807) is 6.07 Å². The van der Waals surface area contributed by atoms with Gasteiger partial charge in [-0.05, 0) is 35.4 Å². The number of rotatable bonds is 5. The Kier molecular flexibility index (Phi) is 4.82. The molecule has 0 atom stereocenters. The highest BCUT2D eigenvalue weighted by Gasteiger charge is 2.26. The van der Waals surface area contributed by atoms with Crippen LogP contribution >= 0.6 is 0 Å². The van der Waals surface area contributed by atoms with E-state index in [2.05, 4.69) is 25.1 Å². The van der Waals surface area contributed by atoms with Crippen LogP contribution in [0.2, 0.25) is 0 Å². The maximum Gasteiger partial charge on any atom is 0.260 e. The van der Waals surface area contributed by atoms with E-state index in [1.165, 1.54) is 11.0 Å². The molecule has 9 heteroatoms. The third kappa shape index (κ3) is 3.81. The van der Waals surface area contributed by atoms with Crippen molar-refractivity contribution in [2.45, 2.75) is 18.8 Å². The molecule has 1 aromatic carbocycles. The quantitative estimate of drug-likeness (QED) is 0.673. The first-order valence-electron chi connectivity index (χ1n) is 8.92. The number of ether oxygens (including phenoxy) is 1. The molecule has 27 heavy (non-hydrogen) atoms. The lowest BCUT2D eigenvalue weighted by Crippen LogP contribution is -2.40. The fraction of sp³-hybridized carbons (Fsp3) is 0.389. The van der Waals surface area contributed by atoms with Crippen LogP contribution < -0.4 is 4.74 Å². The summed E-state index contributed by atoms with van der Waals surface area (Å²) in [6.07, 6.45) is 7.14. The van der Waals surface area contributed by atoms with E-state index in [4.69, 9.17) is 4.74 Å². The van der Waals surface area contributed by atoms with Gasteiger partial charge in [-0.3, -0.25) is 4.79 Å². The fourth-order valence-corrected chi connectivity index (χ4v) is 3.39. The number of imidazole rings is 1. The molecule has 3 aromatic rings. The van der Waals surface area contributed by atoms with E-state index in [0.29, 0.717) is 11.7 Å². The molecule has 0 radical (unpaired) electrons. The highest BCUT2D eigenvalue weighted by Crippen LogP contribution is 2.26. The van der Waals surface area contributed by atoms with Crippen molar-refractivity contribution in [1.29, 1.82) is 0 Å². The van der Waals surface area contributed by atoms with Gasteiger partial charge in [0.1, 0.15) is 17.9 Å². The molecule has 0 spiro atoms. The number of carbonyl (C=O) groups is 1. The van der Waals surface area contributed by atoms with Crippen molar-refractivity contribution in [3.63, 3.8) is 0 Å². The zero-order valence-electron chi connectivity index (χ0n) is 15.1. The largest absolute Gasteiger partial charge is 0.484 e. The number of nitrogens with zero attached hydrogens (tertiary/aromatic N) is 7. The number of tetrazole rings is 1. The summed E-state index contributed by atoms with van der Waals surface area (Å²) in [6.45, 7) is 1.47. The van der Waals surface area contributed by atoms with Crippen LogP contribution in [-0.2, 0) is 11.8 Å². The Morgan fingerprint density at radius 2 is 2.15 bits per heavy atom. The molecule has 9 nitrogen and oxygen atoms in total. The summed E-state index contributed by atoms with van der Waals surface area (Å²) in [6, 6.07) is 7.33. The van der Waals surface area contributed by atoms with Crippen molar-refractivity contribution in [3.05, 3.63) is 48.8 Å². The van der Waals surface area contributed by atoms with Gasteiger partial charge in [0.05, 0.1) is 5.69 Å². The predicted octanol–water partition coefficient (Wildman–Crippen LogP) is 1.18. The smallest absolute Gasteiger partial charge is 0.260 e. The van der Waals surface area contributed by atoms with Gasteiger partial charge in [0.25, 0.3) is 5.91 Å². The van der Waals surface area contributed by atoms with Crippen LogP contribution in [0, 0.1) is 0 Å². The molecular formula is C18H21N7O2. The number of aryl methyl sites for hydroxylation is 1. The molecule has 1 fully saturated rings. The van der Waals surface area contributed by atoms with Crippen molar-refractivity contribution in [2.24, 2.45) is 7.05 Å². The monoisotopic (exact) mass is 367 g/mol. The van der Waals surface area contributed by atoms with Gasteiger partial charge in [-0.25, -0.2) is 9.67 Å². The zero-order chi connectivity index (χ0) is 18.6. The van der Waals surface area contributed by atoms with Crippen LogP contribution in [-0.4, -0.2) is 60.3 Å². The molecule has 0 unspecified atom stereocenters. The average molecular weight is 367 g/mol. The third-order valence-corrected chi connectivity index (χ3v) is 4.86. The Hall–Kier alpha value is -3.23. The molecule has 1 aliphatic rings. The molecular weight excluding hydrogens is 346 g/mol. The first-order chi connectivity index (χ1) is 13.2. The van der Waals surface area contributed by atoms with Gasteiger partial charge < -0.3 is 14.2 Å². The van der Waals surface area contributed by atoms with Gasteiger partial charge >= 0.3 is 0 Å². The molecule has 140 valence electrons. The summed E-state index contributed by atoms with van der Waals surface area (Å²) in [5.41, 5.74) is 0.779. The topological polar surface area (TPSA) is 91.0 Å². The van der Waals surface area contributed by atoms with Crippen LogP contribution in [0.4, 0.5) is 0 Å². The second-order valence-electron chi connectivity index (χ2n) is 6.59. The van der Waals surface area contributed by atoms with Crippen molar-refractivity contribution in [2.75, 3.05) is 19.7 Å². The Bertz CT molecular complexity index is 898. The van der Waals surface area contributed by atoms with Crippen LogP contribution in [0.25, 0.3) is 5.69 Å². The summed E-state index contributed by atoms with van der Waals surface area (Å²) in [7, 11) is 2.01. The summed E-state index contributed by atoms with van der Waals surface area (Å²) >= 11 is 0. The molecule has 0 aliphatic carbocycles. The number of carbonyl (C=O) groups excluding carboxylic acids is 1. The standard InChI is InChI=1S/C18H21N7O2/c1-23-10-7-19-18(23)14-5-8-24(9-6-14)17(26)12-27-16-4-2-3-15(11-16)25-13-20-21-22-25/h2-4,7,10-11,13-14H,5-6,8-9,12H2,1H3. The number of likely N-dealkylation sites (tertiary alicyclic amines) is 1. The summed E-state index contributed by atoms with van der Waals surface area (Å²) < 4.78 is 9.29. The normalized spacial score (nSPS) is 15.1. The summed E-state index contributed by atoms with van der Waals surface area (Å²) in [5.74, 6) is 2.11. The van der Waals surface area contributed by atoms with E-state index in [1.807, 2.05) is 42.5 Å². The molecule has 1 saturated heterocycles. The lowest BCUT2D eigenvalue weighted by atomic mass is 9.96. The second kappa shape index (κ2) is 7.56. The van der Waals surface area contributed by atoms with Gasteiger partial charge in [-0.2, -0.15) is 0 Å². The molecule has 1 aliphatic heterocycles. The average Bonchev–Trinajstić information content (AvgIpc) is 3.38. The van der Waals surface area contributed by atoms with E-state index in [9.17, 15) is 4.79 Å². The minimum atomic E-state index is 0.00103. The van der Waals surface area contributed by atoms with Crippen molar-refractivity contribution in [1.82, 2.24) is 34.7 Å². The molecule has 4 rings (SSSR count). The lowest BCUT2D eigenvalue weighted by molar-refractivity contribution is -0.134. The number of hydrogen-bond acceptors (Lipinski definition) is 6. The van der Waals surface area contributed by atoms with E-state index in [0.717, 1.165) is 37.4 Å². The molecule has 3 heterocycles. The first kappa shape index (κ1) is 17.2. The van der Waals surface area contributed by atoms with Gasteiger partial charge in [-0.15, -0.1) is 5.10 Å². The third-order valence-electron chi connectivity index (χ3n) is 4.86. The Morgan fingerprint density at radius 1 is 1.30 bits per heavy atom. The molecule has 0 bridgehead atoms. The van der Waals surface area contributed by atoms with E-state index < -0.39 is 0 Å². The van der Waals surface area contributed by atoms with Crippen LogP contribution in [0.1, 0.15) is 24.6 Å². The number of hydrogen-bond donors (Lipinski definition) is 0. The summed E-state index contributed by atoms with van der Waals surface area (Å²) in [4.78, 5) is 18.8. The number of piperidine rings is 1. The SMILES string of the molecule is Cn1ccnc1C1CCN(C(=O)COc2cccc(-n3cnnn3)c2)CC1. The van der Waals surface area contributed by atoms with Crippen molar-refractivity contribution in [3.8, 4) is 11.4 Å². The van der Waals surface area contributed by atoms with E-state index in [-0.39, 0.29) is 12.5 Å². The van der Waals surface area contributed by atoms with Crippen LogP contribution in [0.15, 0.2) is 43.0 Å². The van der Waals surface area contributed by atoms with Gasteiger partial charge in [0, 0.05) is 44.5 Å². The molecule has 2 aromatic heterocycles. The predicted molar refractivity (Wildman–Crippen MR) is 96.4 cm³/mol. The number of benzene rings is 1. The number of aromatic nitrogens is 6. The number of amides is 1. The Labute approximate surface area is 156 Å². The molecule has 0 saturated carbocycles. The van der Waals surface area contributed by atoms with E-state index >= 15 is 0 Å². The maximum absolute atomic E-state index is 12.5. The van der Waals surface area contributed by atoms with Crippen LogP contribution in [0.5, 0.6) is 5.75 Å². The lowest BCUT2D eigenvalue weighted by Gasteiger charge is -2.31. The Morgan fingerprint density at radius 3 is 2.85 bits per heavy atom. The van der Waals surface area contributed by atoms with Gasteiger partial charge in [0.2, 0.25) is 0 Å². The molecule has 1 amide bonds. The second-order valence-corrected chi connectivity index (χ2v) is 6.59. The minimum absolute atomic E-state index is 0.00103. The molecule has 0 N–H and O–H groups in total. The van der Waals surface area contributed by atoms with Crippen LogP contribution in [0.3, 0.4) is 0 Å². The zero-order valence-corrected chi connectivity index (χ0v) is 15.1. The minimum Gasteiger partial charge on any atom is -0.484 e. The van der Waals surface area contributed by atoms with Gasteiger partial charge in [-0.1, -0.05) is 6.07 Å².